The molecule has 1 heterocycles. The number of aromatic nitrogens is 1. The fraction of sp³-hybridized carbons (Fsp3) is 0.350. The number of rotatable bonds is 1. The Morgan fingerprint density at radius 2 is 1.27 bits per heavy atom. The summed E-state index contributed by atoms with van der Waals surface area (Å²) in [6.07, 6.45) is 0. The van der Waals surface area contributed by atoms with E-state index in [2.05, 4.69) is 77.2 Å². The van der Waals surface area contributed by atoms with Gasteiger partial charge in [0.25, 0.3) is 0 Å². The van der Waals surface area contributed by atoms with Crippen LogP contribution in [0.5, 0.6) is 0 Å². The number of hydrogen-bond donors (Lipinski definition) is 1. The molecule has 0 radical (unpaired) electrons. The number of pyridine rings is 1. The fourth-order valence-corrected chi connectivity index (χ4v) is 2.80. The second kappa shape index (κ2) is 4.98. The van der Waals surface area contributed by atoms with Crippen molar-refractivity contribution < 1.29 is 0 Å². The minimum Gasteiger partial charge on any atom is -0.380 e. The Morgan fingerprint density at radius 3 is 1.91 bits per heavy atom. The summed E-state index contributed by atoms with van der Waals surface area (Å²) in [5.74, 6) is 0. The van der Waals surface area contributed by atoms with Crippen molar-refractivity contribution in [2.75, 3.05) is 5.32 Å². The summed E-state index contributed by atoms with van der Waals surface area (Å²) in [4.78, 5) is 4.87. The summed E-state index contributed by atoms with van der Waals surface area (Å²) >= 11 is 0. The molecule has 0 saturated heterocycles. The van der Waals surface area contributed by atoms with Crippen molar-refractivity contribution in [1.29, 1.82) is 0 Å². The van der Waals surface area contributed by atoms with Crippen LogP contribution in [0, 0.1) is 20.8 Å². The molecule has 0 fully saturated rings. The molecule has 0 atom stereocenters. The van der Waals surface area contributed by atoms with E-state index >= 15 is 0 Å². The van der Waals surface area contributed by atoms with Crippen LogP contribution in [0.15, 0.2) is 30.3 Å². The van der Waals surface area contributed by atoms with Crippen molar-refractivity contribution in [3.05, 3.63) is 47.0 Å². The van der Waals surface area contributed by atoms with Gasteiger partial charge in [-0.2, -0.15) is 0 Å². The summed E-state index contributed by atoms with van der Waals surface area (Å²) in [5.41, 5.74) is 7.19. The highest BCUT2D eigenvalue weighted by atomic mass is 15.0. The van der Waals surface area contributed by atoms with Gasteiger partial charge in [0.15, 0.2) is 0 Å². The lowest BCUT2D eigenvalue weighted by Gasteiger charge is -2.24. The van der Waals surface area contributed by atoms with Crippen molar-refractivity contribution in [3.8, 4) is 0 Å². The van der Waals surface area contributed by atoms with Crippen molar-refractivity contribution in [2.45, 2.75) is 47.1 Å². The number of anilines is 1. The molecule has 3 aromatic rings. The standard InChI is InChI=1S/C20H24N2/c1-12-7-15-10-16-8-14(3)17(22-20(4,5)6)11-19(16)21-18(15)9-13(12)2/h7-11,22H,1-6H3. The molecule has 0 saturated carbocycles. The van der Waals surface area contributed by atoms with Gasteiger partial charge < -0.3 is 5.32 Å². The molecule has 1 N–H and O–H groups in total. The highest BCUT2D eigenvalue weighted by Gasteiger charge is 2.12. The first-order valence-corrected chi connectivity index (χ1v) is 7.83. The van der Waals surface area contributed by atoms with Crippen molar-refractivity contribution in [3.63, 3.8) is 0 Å². The Labute approximate surface area is 132 Å². The normalized spacial score (nSPS) is 12.1. The van der Waals surface area contributed by atoms with Crippen molar-refractivity contribution in [2.24, 2.45) is 0 Å². The molecule has 3 rings (SSSR count). The maximum atomic E-state index is 4.87. The molecule has 0 amide bonds. The van der Waals surface area contributed by atoms with Crippen LogP contribution in [0.3, 0.4) is 0 Å². The van der Waals surface area contributed by atoms with Gasteiger partial charge in [-0.3, -0.25) is 0 Å². The van der Waals surface area contributed by atoms with Gasteiger partial charge in [0.1, 0.15) is 0 Å². The van der Waals surface area contributed by atoms with Crippen LogP contribution in [0.1, 0.15) is 37.5 Å². The minimum absolute atomic E-state index is 0.0446. The van der Waals surface area contributed by atoms with Gasteiger partial charge >= 0.3 is 0 Å². The zero-order valence-corrected chi connectivity index (χ0v) is 14.3. The van der Waals surface area contributed by atoms with Gasteiger partial charge in [-0.1, -0.05) is 0 Å². The van der Waals surface area contributed by atoms with Gasteiger partial charge in [-0.05, 0) is 88.6 Å². The fourth-order valence-electron chi connectivity index (χ4n) is 2.80. The number of nitrogens with zero attached hydrogens (tertiary/aromatic N) is 1. The largest absolute Gasteiger partial charge is 0.380 e. The second-order valence-electron chi connectivity index (χ2n) is 7.35. The topological polar surface area (TPSA) is 24.9 Å². The minimum atomic E-state index is 0.0446. The van der Waals surface area contributed by atoms with E-state index in [4.69, 9.17) is 4.98 Å². The molecule has 0 aliphatic rings. The third-order valence-electron chi connectivity index (χ3n) is 4.08. The molecule has 0 bridgehead atoms. The zero-order chi connectivity index (χ0) is 16.1. The van der Waals surface area contributed by atoms with E-state index in [9.17, 15) is 0 Å². The Kier molecular flexibility index (Phi) is 3.36. The summed E-state index contributed by atoms with van der Waals surface area (Å²) < 4.78 is 0. The average Bonchev–Trinajstić information content (AvgIpc) is 2.38. The zero-order valence-electron chi connectivity index (χ0n) is 14.3. The lowest BCUT2D eigenvalue weighted by molar-refractivity contribution is 0.633. The Morgan fingerprint density at radius 1 is 0.727 bits per heavy atom. The first-order chi connectivity index (χ1) is 10.2. The van der Waals surface area contributed by atoms with E-state index in [1.54, 1.807) is 0 Å². The molecule has 2 aromatic carbocycles. The van der Waals surface area contributed by atoms with Gasteiger partial charge in [0, 0.05) is 22.0 Å². The van der Waals surface area contributed by atoms with E-state index in [1.807, 2.05) is 0 Å². The highest BCUT2D eigenvalue weighted by Crippen LogP contribution is 2.28. The van der Waals surface area contributed by atoms with Gasteiger partial charge in [0.2, 0.25) is 0 Å². The first-order valence-electron chi connectivity index (χ1n) is 7.83. The summed E-state index contributed by atoms with van der Waals surface area (Å²) in [5, 5.41) is 5.99. The van der Waals surface area contributed by atoms with Gasteiger partial charge in [-0.25, -0.2) is 4.98 Å². The molecule has 0 aliphatic heterocycles. The molecular weight excluding hydrogens is 268 g/mol. The highest BCUT2D eigenvalue weighted by molar-refractivity contribution is 5.95. The molecule has 1 aromatic heterocycles. The maximum Gasteiger partial charge on any atom is 0.0730 e. The van der Waals surface area contributed by atoms with Crippen molar-refractivity contribution in [1.82, 2.24) is 4.98 Å². The number of aryl methyl sites for hydroxylation is 3. The SMILES string of the molecule is Cc1cc2cc3cc(C)c(NC(C)(C)C)cc3nc2cc1C. The molecule has 22 heavy (non-hydrogen) atoms. The smallest absolute Gasteiger partial charge is 0.0730 e. The molecule has 114 valence electrons. The van der Waals surface area contributed by atoms with E-state index in [-0.39, 0.29) is 5.54 Å². The molecule has 2 nitrogen and oxygen atoms in total. The summed E-state index contributed by atoms with van der Waals surface area (Å²) in [6, 6.07) is 11.1. The Bertz CT molecular complexity index is 870. The third-order valence-corrected chi connectivity index (χ3v) is 4.08. The maximum absolute atomic E-state index is 4.87. The molecule has 0 unspecified atom stereocenters. The van der Waals surface area contributed by atoms with E-state index in [0.29, 0.717) is 0 Å². The number of benzene rings is 2. The Hall–Kier alpha value is -2.09. The van der Waals surface area contributed by atoms with Crippen LogP contribution < -0.4 is 5.32 Å². The van der Waals surface area contributed by atoms with Crippen molar-refractivity contribution >= 4 is 27.5 Å². The third kappa shape index (κ3) is 2.78. The van der Waals surface area contributed by atoms with E-state index < -0.39 is 0 Å². The van der Waals surface area contributed by atoms with Crippen LogP contribution in [0.25, 0.3) is 21.8 Å². The van der Waals surface area contributed by atoms with Crippen LogP contribution in [-0.4, -0.2) is 10.5 Å². The van der Waals surface area contributed by atoms with E-state index in [1.165, 1.54) is 27.5 Å². The van der Waals surface area contributed by atoms with Crippen LogP contribution in [0.4, 0.5) is 5.69 Å². The molecule has 0 aliphatic carbocycles. The lowest BCUT2D eigenvalue weighted by Crippen LogP contribution is -2.26. The number of nitrogens with one attached hydrogen (secondary N) is 1. The molecule has 0 spiro atoms. The monoisotopic (exact) mass is 292 g/mol. The van der Waals surface area contributed by atoms with Gasteiger partial charge in [0.05, 0.1) is 11.0 Å². The molecule has 2 heteroatoms. The number of hydrogen-bond acceptors (Lipinski definition) is 2. The number of fused-ring (bicyclic) bond motifs is 2. The van der Waals surface area contributed by atoms with Crippen LogP contribution >= 0.6 is 0 Å². The van der Waals surface area contributed by atoms with Crippen LogP contribution in [-0.2, 0) is 0 Å². The predicted molar refractivity (Wildman–Crippen MR) is 96.8 cm³/mol. The first kappa shape index (κ1) is 14.8. The van der Waals surface area contributed by atoms with E-state index in [0.717, 1.165) is 16.7 Å². The Balaban J connectivity index is 2.23. The molecular formula is C20H24N2. The summed E-state index contributed by atoms with van der Waals surface area (Å²) in [7, 11) is 0. The van der Waals surface area contributed by atoms with Crippen LogP contribution in [0.2, 0.25) is 0 Å². The predicted octanol–water partition coefficient (Wildman–Crippen LogP) is 5.52. The summed E-state index contributed by atoms with van der Waals surface area (Å²) in [6.45, 7) is 13.0. The lowest BCUT2D eigenvalue weighted by atomic mass is 10.0. The average molecular weight is 292 g/mol. The van der Waals surface area contributed by atoms with Gasteiger partial charge in [-0.15, -0.1) is 0 Å². The second-order valence-corrected chi connectivity index (χ2v) is 7.35. The quantitative estimate of drug-likeness (QED) is 0.597.